The van der Waals surface area contributed by atoms with Gasteiger partial charge in [-0.2, -0.15) is 0 Å². The van der Waals surface area contributed by atoms with Gasteiger partial charge in [0.25, 0.3) is 5.92 Å². The van der Waals surface area contributed by atoms with Crippen molar-refractivity contribution in [2.45, 2.75) is 56.3 Å². The molecule has 0 radical (unpaired) electrons. The molecule has 0 unspecified atom stereocenters. The molecule has 10 nitrogen and oxygen atoms in total. The average molecular weight is 666 g/mol. The van der Waals surface area contributed by atoms with Crippen LogP contribution in [0.3, 0.4) is 0 Å². The third-order valence-electron chi connectivity index (χ3n) is 8.65. The molecule has 248 valence electrons. The van der Waals surface area contributed by atoms with Gasteiger partial charge in [-0.15, -0.1) is 11.3 Å². The van der Waals surface area contributed by atoms with E-state index in [1.807, 2.05) is 0 Å². The number of benzene rings is 1. The normalized spacial score (nSPS) is 24.2. The first kappa shape index (κ1) is 33.7. The molecular formula is C31H35F4N5O5S. The molecule has 0 aliphatic carbocycles. The minimum atomic E-state index is -3.17. The number of aliphatic imine (C=N–C) groups is 1. The van der Waals surface area contributed by atoms with Crippen LogP contribution in [-0.4, -0.2) is 101 Å². The number of methoxy groups -OCH3 is 1. The summed E-state index contributed by atoms with van der Waals surface area (Å²) >= 11 is 1.25. The van der Waals surface area contributed by atoms with Gasteiger partial charge >= 0.3 is 11.9 Å². The number of hydrogen-bond donors (Lipinski definition) is 2. The van der Waals surface area contributed by atoms with E-state index in [1.54, 1.807) is 21.4 Å². The highest BCUT2D eigenvalue weighted by atomic mass is 32.1. The van der Waals surface area contributed by atoms with E-state index in [2.05, 4.69) is 21.9 Å². The van der Waals surface area contributed by atoms with Gasteiger partial charge in [0.15, 0.2) is 28.1 Å². The Morgan fingerprint density at radius 3 is 2.74 bits per heavy atom. The fourth-order valence-corrected chi connectivity index (χ4v) is 6.93. The predicted molar refractivity (Wildman–Crippen MR) is 161 cm³/mol. The van der Waals surface area contributed by atoms with Crippen molar-refractivity contribution in [3.05, 3.63) is 75.4 Å². The number of nitrogens with zero attached hydrogens (tertiary/aromatic N) is 4. The Morgan fingerprint density at radius 1 is 1.30 bits per heavy atom. The molecule has 0 saturated carbocycles. The number of alkyl halides is 2. The standard InChI is InChI=1S/C31H35F4N5O5S/c1-5-13-45-29(42)30(3,43)9-12-39-11-8-21-25(39)31(34,35)16-40(21)15-20-22(28(41)44-4)24(18-6-7-19(32)23(33)17(18)2)38-26(37-20)27-36-10-14-46-27/h5-7,10,14,21,24-25,43H,1,8-9,11-13,15-16H2,2-4H3,(H,37,38)/t21-,24-,25+,30-/m0/s1. The molecule has 1 aromatic carbocycles. The van der Waals surface area contributed by atoms with E-state index in [0.29, 0.717) is 11.4 Å². The zero-order valence-corrected chi connectivity index (χ0v) is 26.4. The van der Waals surface area contributed by atoms with E-state index in [0.717, 1.165) is 6.07 Å². The highest BCUT2D eigenvalue weighted by Gasteiger charge is 2.59. The van der Waals surface area contributed by atoms with Crippen LogP contribution in [0.2, 0.25) is 0 Å². The molecule has 3 aliphatic heterocycles. The van der Waals surface area contributed by atoms with Crippen LogP contribution in [0, 0.1) is 18.6 Å². The average Bonchev–Trinajstić information content (AvgIpc) is 3.76. The molecule has 2 saturated heterocycles. The molecule has 3 aliphatic rings. The van der Waals surface area contributed by atoms with E-state index >= 15 is 8.78 Å². The fourth-order valence-electron chi connectivity index (χ4n) is 6.34. The number of nitrogens with one attached hydrogen (secondary N) is 1. The number of amidine groups is 1. The van der Waals surface area contributed by atoms with Crippen molar-refractivity contribution in [1.82, 2.24) is 20.1 Å². The lowest BCUT2D eigenvalue weighted by Gasteiger charge is -2.31. The molecule has 4 heterocycles. The van der Waals surface area contributed by atoms with Crippen LogP contribution in [0.25, 0.3) is 0 Å². The SMILES string of the molecule is C=CCOC(=O)[C@@](C)(O)CCN1CC[C@H]2[C@@H]1C(F)(F)CN2CC1=C(C(=O)OC)[C@H](c2ccc(F)c(F)c2C)N=C(c2nccs2)N1. The van der Waals surface area contributed by atoms with Gasteiger partial charge in [0.2, 0.25) is 0 Å². The topological polar surface area (TPSA) is 117 Å². The van der Waals surface area contributed by atoms with Crippen molar-refractivity contribution in [3.8, 4) is 0 Å². The van der Waals surface area contributed by atoms with Crippen LogP contribution in [-0.2, 0) is 19.1 Å². The summed E-state index contributed by atoms with van der Waals surface area (Å²) < 4.78 is 70.3. The van der Waals surface area contributed by atoms with Crippen LogP contribution in [0.5, 0.6) is 0 Å². The van der Waals surface area contributed by atoms with Crippen LogP contribution in [0.15, 0.2) is 52.6 Å². The highest BCUT2D eigenvalue weighted by Crippen LogP contribution is 2.43. The lowest BCUT2D eigenvalue weighted by atomic mass is 9.92. The Bertz CT molecular complexity index is 1560. The summed E-state index contributed by atoms with van der Waals surface area (Å²) in [6, 6.07) is -0.701. The second-order valence-corrected chi connectivity index (χ2v) is 12.6. The molecule has 2 aromatic rings. The molecule has 46 heavy (non-hydrogen) atoms. The molecule has 2 N–H and O–H groups in total. The summed E-state index contributed by atoms with van der Waals surface area (Å²) in [6.45, 7) is 5.59. The van der Waals surface area contributed by atoms with Crippen molar-refractivity contribution in [2.24, 2.45) is 4.99 Å². The number of aliphatic hydroxyl groups is 1. The molecule has 5 rings (SSSR count). The van der Waals surface area contributed by atoms with E-state index in [1.165, 1.54) is 44.4 Å². The third kappa shape index (κ3) is 6.46. The second-order valence-electron chi connectivity index (χ2n) is 11.7. The first-order chi connectivity index (χ1) is 21.8. The first-order valence-electron chi connectivity index (χ1n) is 14.7. The monoisotopic (exact) mass is 665 g/mol. The minimum Gasteiger partial charge on any atom is -0.466 e. The lowest BCUT2D eigenvalue weighted by molar-refractivity contribution is -0.163. The van der Waals surface area contributed by atoms with Crippen molar-refractivity contribution in [3.63, 3.8) is 0 Å². The van der Waals surface area contributed by atoms with Gasteiger partial charge in [-0.3, -0.25) is 14.8 Å². The minimum absolute atomic E-state index is 0.0207. The van der Waals surface area contributed by atoms with Gasteiger partial charge in [-0.25, -0.2) is 32.1 Å². The van der Waals surface area contributed by atoms with E-state index in [4.69, 9.17) is 9.47 Å². The zero-order chi connectivity index (χ0) is 33.4. The van der Waals surface area contributed by atoms with E-state index in [-0.39, 0.29) is 60.9 Å². The number of carbonyl (C=O) groups is 2. The maximum atomic E-state index is 15.7. The number of halogens is 4. The van der Waals surface area contributed by atoms with Crippen LogP contribution in [0.1, 0.15) is 41.9 Å². The number of aromatic nitrogens is 1. The summed E-state index contributed by atoms with van der Waals surface area (Å²) in [4.78, 5) is 37.6. The molecule has 0 amide bonds. The smallest absolute Gasteiger partial charge is 0.338 e. The third-order valence-corrected chi connectivity index (χ3v) is 9.43. The Labute approximate surface area is 267 Å². The zero-order valence-electron chi connectivity index (χ0n) is 25.6. The summed E-state index contributed by atoms with van der Waals surface area (Å²) in [6.07, 6.45) is 3.16. The maximum absolute atomic E-state index is 15.7. The number of esters is 2. The fraction of sp³-hybridized carbons (Fsp3) is 0.484. The molecule has 0 spiro atoms. The van der Waals surface area contributed by atoms with Gasteiger partial charge in [-0.05, 0) is 43.9 Å². The second kappa shape index (κ2) is 13.2. The Hall–Kier alpha value is -3.66. The van der Waals surface area contributed by atoms with Gasteiger partial charge < -0.3 is 19.9 Å². The molecule has 2 fully saturated rings. The van der Waals surface area contributed by atoms with Crippen LogP contribution >= 0.6 is 11.3 Å². The number of likely N-dealkylation sites (tertiary alicyclic amines) is 2. The lowest BCUT2D eigenvalue weighted by Crippen LogP contribution is -2.48. The van der Waals surface area contributed by atoms with E-state index < -0.39 is 59.8 Å². The predicted octanol–water partition coefficient (Wildman–Crippen LogP) is 3.51. The first-order valence-corrected chi connectivity index (χ1v) is 15.5. The van der Waals surface area contributed by atoms with Gasteiger partial charge in [0.1, 0.15) is 12.6 Å². The summed E-state index contributed by atoms with van der Waals surface area (Å²) in [7, 11) is 1.17. The van der Waals surface area contributed by atoms with Gasteiger partial charge in [-0.1, -0.05) is 18.7 Å². The van der Waals surface area contributed by atoms with Gasteiger partial charge in [0, 0.05) is 43.0 Å². The van der Waals surface area contributed by atoms with Crippen molar-refractivity contribution in [1.29, 1.82) is 0 Å². The Balaban J connectivity index is 1.45. The summed E-state index contributed by atoms with van der Waals surface area (Å²) in [5, 5.41) is 15.9. The molecule has 15 heteroatoms. The number of hydrogen-bond acceptors (Lipinski definition) is 11. The molecule has 1 aromatic heterocycles. The molecular weight excluding hydrogens is 630 g/mol. The van der Waals surface area contributed by atoms with Crippen molar-refractivity contribution >= 4 is 29.1 Å². The maximum Gasteiger partial charge on any atom is 0.338 e. The van der Waals surface area contributed by atoms with E-state index in [9.17, 15) is 23.5 Å². The highest BCUT2D eigenvalue weighted by molar-refractivity contribution is 7.11. The number of carbonyl (C=O) groups excluding carboxylic acids is 2. The Morgan fingerprint density at radius 2 is 2.07 bits per heavy atom. The summed E-state index contributed by atoms with van der Waals surface area (Å²) in [5.41, 5.74) is -1.52. The van der Waals surface area contributed by atoms with Crippen molar-refractivity contribution in [2.75, 3.05) is 39.9 Å². The van der Waals surface area contributed by atoms with Crippen LogP contribution in [0.4, 0.5) is 17.6 Å². The van der Waals surface area contributed by atoms with Gasteiger partial charge in [0.05, 0.1) is 25.3 Å². The number of ether oxygens (including phenoxy) is 2. The quantitative estimate of drug-likeness (QED) is 0.211. The summed E-state index contributed by atoms with van der Waals surface area (Å²) in [5.74, 6) is -6.74. The Kier molecular flexibility index (Phi) is 9.68. The number of fused-ring (bicyclic) bond motifs is 1. The van der Waals surface area contributed by atoms with Crippen molar-refractivity contribution < 1.29 is 41.7 Å². The van der Waals surface area contributed by atoms with Crippen LogP contribution < -0.4 is 5.32 Å². The molecule has 4 atom stereocenters. The number of thiazole rings is 1. The molecule has 0 bridgehead atoms. The number of rotatable bonds is 11. The largest absolute Gasteiger partial charge is 0.466 e.